The molecule has 0 aliphatic heterocycles. The number of fused-ring (bicyclic) bond motifs is 2. The second-order valence-electron chi connectivity index (χ2n) is 5.21. The first-order valence-corrected chi connectivity index (χ1v) is 7.88. The van der Waals surface area contributed by atoms with E-state index in [9.17, 15) is 28.2 Å². The van der Waals surface area contributed by atoms with Gasteiger partial charge < -0.3 is 15.9 Å². The summed E-state index contributed by atoms with van der Waals surface area (Å²) >= 11 is 0. The minimum Gasteiger partial charge on any atom is -0.506 e. The maximum Gasteiger partial charge on any atom is 0.302 e. The average molecular weight is 337 g/mol. The molecule has 8 nitrogen and oxygen atoms in total. The highest BCUT2D eigenvalue weighted by Crippen LogP contribution is 2.48. The van der Waals surface area contributed by atoms with Crippen LogP contribution in [0.25, 0.3) is 0 Å². The number of ketones is 2. The van der Waals surface area contributed by atoms with Crippen molar-refractivity contribution in [2.75, 3.05) is 5.73 Å². The fourth-order valence-corrected chi connectivity index (χ4v) is 3.60. The smallest absolute Gasteiger partial charge is 0.302 e. The van der Waals surface area contributed by atoms with E-state index in [0.717, 1.165) is 0 Å². The number of aromatic hydroxyl groups is 2. The normalized spacial score (nSPS) is 22.8. The second kappa shape index (κ2) is 4.67. The summed E-state index contributed by atoms with van der Waals surface area (Å²) in [6, 6.07) is 0. The first-order chi connectivity index (χ1) is 10.7. The number of benzene rings is 1. The zero-order valence-corrected chi connectivity index (χ0v) is 12.2. The number of hydrogen-bond donors (Lipinski definition) is 4. The molecule has 0 spiro atoms. The molecule has 0 heterocycles. The van der Waals surface area contributed by atoms with E-state index >= 15 is 0 Å². The SMILES string of the molecule is Nc1c(O)c(S(=O)(=O)O)c(O)c2c1C(=O)C1C=CC=CC1C2=O. The summed E-state index contributed by atoms with van der Waals surface area (Å²) in [4.78, 5) is 23.8. The maximum atomic E-state index is 12.5. The number of nitrogens with two attached hydrogens (primary N) is 1. The van der Waals surface area contributed by atoms with Gasteiger partial charge in [0, 0.05) is 0 Å². The van der Waals surface area contributed by atoms with Gasteiger partial charge >= 0.3 is 10.1 Å². The van der Waals surface area contributed by atoms with Gasteiger partial charge in [-0.1, -0.05) is 24.3 Å². The average Bonchev–Trinajstić information content (AvgIpc) is 2.47. The molecule has 0 aromatic heterocycles. The topological polar surface area (TPSA) is 155 Å². The number of Topliss-reactive ketones (excluding diaryl/α,β-unsaturated/α-hetero) is 2. The maximum absolute atomic E-state index is 12.5. The van der Waals surface area contributed by atoms with Crippen LogP contribution in [0.2, 0.25) is 0 Å². The number of anilines is 1. The second-order valence-corrected chi connectivity index (χ2v) is 6.57. The summed E-state index contributed by atoms with van der Waals surface area (Å²) in [5.74, 6) is -5.47. The molecule has 0 bridgehead atoms. The quantitative estimate of drug-likeness (QED) is 0.252. The van der Waals surface area contributed by atoms with Gasteiger partial charge in [0.2, 0.25) is 0 Å². The van der Waals surface area contributed by atoms with Gasteiger partial charge in [0.05, 0.1) is 28.7 Å². The molecule has 23 heavy (non-hydrogen) atoms. The molecule has 0 fully saturated rings. The predicted octanol–water partition coefficient (Wildman–Crippen LogP) is 0.664. The van der Waals surface area contributed by atoms with Gasteiger partial charge in [-0.3, -0.25) is 14.1 Å². The number of carbonyl (C=O) groups is 2. The monoisotopic (exact) mass is 337 g/mol. The zero-order valence-electron chi connectivity index (χ0n) is 11.4. The van der Waals surface area contributed by atoms with Crippen molar-refractivity contribution in [2.24, 2.45) is 11.8 Å². The van der Waals surface area contributed by atoms with Crippen molar-refractivity contribution in [2.45, 2.75) is 4.90 Å². The molecule has 0 radical (unpaired) electrons. The van der Waals surface area contributed by atoms with Gasteiger partial charge in [0.15, 0.2) is 28.0 Å². The molecule has 2 aliphatic rings. The van der Waals surface area contributed by atoms with Crippen LogP contribution in [0.3, 0.4) is 0 Å². The molecule has 2 atom stereocenters. The van der Waals surface area contributed by atoms with E-state index < -0.39 is 66.7 Å². The number of phenols is 2. The van der Waals surface area contributed by atoms with E-state index in [4.69, 9.17) is 10.3 Å². The van der Waals surface area contributed by atoms with Gasteiger partial charge in [-0.05, 0) is 0 Å². The molecule has 2 unspecified atom stereocenters. The van der Waals surface area contributed by atoms with Crippen LogP contribution < -0.4 is 5.73 Å². The van der Waals surface area contributed by atoms with Gasteiger partial charge in [0.1, 0.15) is 0 Å². The molecular weight excluding hydrogens is 326 g/mol. The third-order valence-electron chi connectivity index (χ3n) is 3.93. The highest BCUT2D eigenvalue weighted by Gasteiger charge is 2.45. The number of allylic oxidation sites excluding steroid dienone is 4. The minimum absolute atomic E-state index is 0.446. The molecule has 0 saturated heterocycles. The number of nitrogen functional groups attached to an aromatic ring is 1. The Morgan fingerprint density at radius 1 is 0.913 bits per heavy atom. The molecule has 0 saturated carbocycles. The van der Waals surface area contributed by atoms with E-state index in [-0.39, 0.29) is 0 Å². The summed E-state index contributed by atoms with van der Waals surface area (Å²) < 4.78 is 31.8. The fourth-order valence-electron chi connectivity index (χ4n) is 2.90. The largest absolute Gasteiger partial charge is 0.506 e. The van der Waals surface area contributed by atoms with Gasteiger partial charge in [-0.2, -0.15) is 8.42 Å². The first-order valence-electron chi connectivity index (χ1n) is 6.44. The third-order valence-corrected chi connectivity index (χ3v) is 4.84. The zero-order chi connectivity index (χ0) is 17.1. The van der Waals surface area contributed by atoms with Gasteiger partial charge in [-0.15, -0.1) is 0 Å². The van der Waals surface area contributed by atoms with E-state index in [2.05, 4.69) is 0 Å². The van der Waals surface area contributed by atoms with Gasteiger partial charge in [0.25, 0.3) is 0 Å². The highest BCUT2D eigenvalue weighted by molar-refractivity contribution is 7.86. The Balaban J connectivity index is 2.43. The lowest BCUT2D eigenvalue weighted by molar-refractivity contribution is 0.0798. The lowest BCUT2D eigenvalue weighted by atomic mass is 9.71. The summed E-state index contributed by atoms with van der Waals surface area (Å²) in [5.41, 5.74) is 3.86. The number of phenolic OH excluding ortho intramolecular Hbond substituents is 2. The lowest BCUT2D eigenvalue weighted by Crippen LogP contribution is -2.36. The van der Waals surface area contributed by atoms with Crippen LogP contribution in [0.4, 0.5) is 5.69 Å². The standard InChI is InChI=1S/C14H11NO7S/c15-9-7-8(12(18)14(13(9)19)23(20,21)22)11(17)6-4-2-1-3-5(6)10(7)16/h1-6,18-19H,15H2,(H,20,21,22). The van der Waals surface area contributed by atoms with E-state index in [1.165, 1.54) is 12.2 Å². The van der Waals surface area contributed by atoms with Crippen molar-refractivity contribution in [1.29, 1.82) is 0 Å². The summed E-state index contributed by atoms with van der Waals surface area (Å²) in [6.45, 7) is 0. The van der Waals surface area contributed by atoms with Crippen molar-refractivity contribution in [1.82, 2.24) is 0 Å². The summed E-state index contributed by atoms with van der Waals surface area (Å²) in [7, 11) is -5.07. The Labute approximate surface area is 130 Å². The molecule has 0 amide bonds. The Bertz CT molecular complexity index is 927. The molecule has 9 heteroatoms. The molecule has 1 aromatic carbocycles. The van der Waals surface area contributed by atoms with Crippen LogP contribution in [0, 0.1) is 11.8 Å². The Morgan fingerprint density at radius 2 is 1.39 bits per heavy atom. The summed E-state index contributed by atoms with van der Waals surface area (Å²) in [6.07, 6.45) is 6.04. The van der Waals surface area contributed by atoms with Crippen molar-refractivity contribution in [3.05, 3.63) is 35.4 Å². The molecule has 2 aliphatic carbocycles. The van der Waals surface area contributed by atoms with E-state index in [1.807, 2.05) is 0 Å². The fraction of sp³-hybridized carbons (Fsp3) is 0.143. The van der Waals surface area contributed by atoms with Crippen LogP contribution in [0.5, 0.6) is 11.5 Å². The van der Waals surface area contributed by atoms with Crippen molar-refractivity contribution in [3.63, 3.8) is 0 Å². The molecule has 3 rings (SSSR count). The first kappa shape index (κ1) is 15.3. The summed E-state index contributed by atoms with van der Waals surface area (Å²) in [5, 5.41) is 19.9. The molecule has 1 aromatic rings. The lowest BCUT2D eigenvalue weighted by Gasteiger charge is -2.30. The Morgan fingerprint density at radius 3 is 1.87 bits per heavy atom. The van der Waals surface area contributed by atoms with Crippen LogP contribution in [0.1, 0.15) is 20.7 Å². The van der Waals surface area contributed by atoms with Crippen LogP contribution in [0.15, 0.2) is 29.2 Å². The van der Waals surface area contributed by atoms with Crippen LogP contribution in [-0.2, 0) is 10.1 Å². The predicted molar refractivity (Wildman–Crippen MR) is 77.9 cm³/mol. The molecule has 5 N–H and O–H groups in total. The minimum atomic E-state index is -5.07. The van der Waals surface area contributed by atoms with E-state index in [1.54, 1.807) is 12.2 Å². The molecule has 120 valence electrons. The highest BCUT2D eigenvalue weighted by atomic mass is 32.2. The Hall–Kier alpha value is -2.65. The van der Waals surface area contributed by atoms with Crippen LogP contribution >= 0.6 is 0 Å². The molecular formula is C14H11NO7S. The van der Waals surface area contributed by atoms with Gasteiger partial charge in [-0.25, -0.2) is 0 Å². The number of rotatable bonds is 1. The Kier molecular flexibility index (Phi) is 3.10. The van der Waals surface area contributed by atoms with Crippen molar-refractivity contribution < 1.29 is 32.8 Å². The third kappa shape index (κ3) is 1.97. The number of carbonyl (C=O) groups excluding carboxylic acids is 2. The van der Waals surface area contributed by atoms with E-state index in [0.29, 0.717) is 0 Å². The van der Waals surface area contributed by atoms with Crippen LogP contribution in [-0.4, -0.2) is 34.8 Å². The van der Waals surface area contributed by atoms with Crippen molar-refractivity contribution in [3.8, 4) is 11.5 Å². The van der Waals surface area contributed by atoms with Crippen molar-refractivity contribution >= 4 is 27.4 Å². The number of hydrogen-bond acceptors (Lipinski definition) is 7.